The van der Waals surface area contributed by atoms with Crippen LogP contribution in [0.2, 0.25) is 0 Å². The molecule has 0 bridgehead atoms. The van der Waals surface area contributed by atoms with E-state index in [-0.39, 0.29) is 12.1 Å². The first-order valence-corrected chi connectivity index (χ1v) is 6.25. The SMILES string of the molecule is COCCN1C(=O)N=C(N)C1c1ccc(C)c(C)c1. The van der Waals surface area contributed by atoms with Crippen LogP contribution < -0.4 is 5.73 Å². The van der Waals surface area contributed by atoms with Gasteiger partial charge in [0.1, 0.15) is 11.9 Å². The summed E-state index contributed by atoms with van der Waals surface area (Å²) in [6, 6.07) is 5.52. The molecular formula is C14H19N3O2. The number of amidine groups is 1. The number of aryl methyl sites for hydroxylation is 2. The molecule has 0 aliphatic carbocycles. The van der Waals surface area contributed by atoms with Crippen LogP contribution in [0, 0.1) is 13.8 Å². The summed E-state index contributed by atoms with van der Waals surface area (Å²) in [5.74, 6) is 0.351. The zero-order valence-corrected chi connectivity index (χ0v) is 11.5. The van der Waals surface area contributed by atoms with E-state index in [1.54, 1.807) is 12.0 Å². The fourth-order valence-electron chi connectivity index (χ4n) is 2.21. The summed E-state index contributed by atoms with van der Waals surface area (Å²) >= 11 is 0. The van der Waals surface area contributed by atoms with Crippen molar-refractivity contribution in [3.63, 3.8) is 0 Å². The predicted molar refractivity (Wildman–Crippen MR) is 74.3 cm³/mol. The molecule has 2 N–H and O–H groups in total. The first-order valence-electron chi connectivity index (χ1n) is 6.25. The predicted octanol–water partition coefficient (Wildman–Crippen LogP) is 1.78. The zero-order valence-electron chi connectivity index (χ0n) is 11.5. The minimum atomic E-state index is -0.294. The van der Waals surface area contributed by atoms with Crippen LogP contribution in [0.5, 0.6) is 0 Å². The van der Waals surface area contributed by atoms with Gasteiger partial charge in [-0.05, 0) is 30.5 Å². The second kappa shape index (κ2) is 5.40. The number of carbonyl (C=O) groups is 1. The van der Waals surface area contributed by atoms with E-state index in [0.29, 0.717) is 19.0 Å². The molecular weight excluding hydrogens is 242 g/mol. The lowest BCUT2D eigenvalue weighted by molar-refractivity contribution is 0.150. The van der Waals surface area contributed by atoms with Gasteiger partial charge in [0.25, 0.3) is 0 Å². The number of rotatable bonds is 4. The molecule has 2 rings (SSSR count). The molecule has 0 radical (unpaired) electrons. The van der Waals surface area contributed by atoms with Gasteiger partial charge in [0.15, 0.2) is 0 Å². The molecule has 0 saturated heterocycles. The standard InChI is InChI=1S/C14H19N3O2/c1-9-4-5-11(8-10(9)2)12-13(15)16-14(18)17(12)6-7-19-3/h4-5,8,12H,6-7H2,1-3H3,(H2,15,16,18). The molecule has 1 aromatic carbocycles. The van der Waals surface area contributed by atoms with E-state index in [0.717, 1.165) is 5.56 Å². The number of carbonyl (C=O) groups excluding carboxylic acids is 1. The molecule has 0 fully saturated rings. The Balaban J connectivity index is 2.31. The van der Waals surface area contributed by atoms with E-state index in [9.17, 15) is 4.79 Å². The van der Waals surface area contributed by atoms with Gasteiger partial charge in [-0.25, -0.2) is 4.79 Å². The van der Waals surface area contributed by atoms with Crippen LogP contribution in [-0.4, -0.2) is 37.0 Å². The number of amides is 2. The third-order valence-electron chi connectivity index (χ3n) is 3.45. The van der Waals surface area contributed by atoms with E-state index >= 15 is 0 Å². The summed E-state index contributed by atoms with van der Waals surface area (Å²) in [4.78, 5) is 17.3. The molecule has 19 heavy (non-hydrogen) atoms. The van der Waals surface area contributed by atoms with Gasteiger partial charge in [0.05, 0.1) is 6.61 Å². The van der Waals surface area contributed by atoms with E-state index in [1.165, 1.54) is 11.1 Å². The number of urea groups is 1. The molecule has 1 unspecified atom stereocenters. The number of nitrogens with two attached hydrogens (primary N) is 1. The van der Waals surface area contributed by atoms with Gasteiger partial charge < -0.3 is 15.4 Å². The van der Waals surface area contributed by atoms with Gasteiger partial charge in [-0.3, -0.25) is 0 Å². The van der Waals surface area contributed by atoms with E-state index in [1.807, 2.05) is 19.1 Å². The van der Waals surface area contributed by atoms with Gasteiger partial charge in [0, 0.05) is 13.7 Å². The molecule has 5 heteroatoms. The molecule has 1 heterocycles. The van der Waals surface area contributed by atoms with Crippen LogP contribution in [0.1, 0.15) is 22.7 Å². The van der Waals surface area contributed by atoms with E-state index in [2.05, 4.69) is 18.0 Å². The monoisotopic (exact) mass is 261 g/mol. The van der Waals surface area contributed by atoms with Gasteiger partial charge in [0.2, 0.25) is 0 Å². The number of ether oxygens (including phenoxy) is 1. The van der Waals surface area contributed by atoms with Crippen molar-refractivity contribution in [2.45, 2.75) is 19.9 Å². The third-order valence-corrected chi connectivity index (χ3v) is 3.45. The average molecular weight is 261 g/mol. The van der Waals surface area contributed by atoms with Crippen molar-refractivity contribution < 1.29 is 9.53 Å². The van der Waals surface area contributed by atoms with Crippen molar-refractivity contribution in [2.75, 3.05) is 20.3 Å². The Labute approximate surface area is 113 Å². The minimum Gasteiger partial charge on any atom is -0.385 e. The minimum absolute atomic E-state index is 0.276. The second-order valence-corrected chi connectivity index (χ2v) is 4.75. The van der Waals surface area contributed by atoms with Crippen molar-refractivity contribution in [2.24, 2.45) is 10.7 Å². The second-order valence-electron chi connectivity index (χ2n) is 4.75. The Morgan fingerprint density at radius 3 is 2.74 bits per heavy atom. The normalized spacial score (nSPS) is 18.9. The van der Waals surface area contributed by atoms with Gasteiger partial charge in [-0.15, -0.1) is 0 Å². The number of nitrogens with zero attached hydrogens (tertiary/aromatic N) is 2. The highest BCUT2D eigenvalue weighted by Crippen LogP contribution is 2.27. The fourth-order valence-corrected chi connectivity index (χ4v) is 2.21. The quantitative estimate of drug-likeness (QED) is 0.898. The van der Waals surface area contributed by atoms with E-state index < -0.39 is 0 Å². The van der Waals surface area contributed by atoms with Crippen molar-refractivity contribution >= 4 is 11.9 Å². The summed E-state index contributed by atoms with van der Waals surface area (Å²) < 4.78 is 5.03. The van der Waals surface area contributed by atoms with Crippen LogP contribution in [0.25, 0.3) is 0 Å². The number of aliphatic imine (C=N–C) groups is 1. The van der Waals surface area contributed by atoms with Crippen LogP contribution in [-0.2, 0) is 4.74 Å². The molecule has 1 aliphatic rings. The van der Waals surface area contributed by atoms with Crippen LogP contribution in [0.3, 0.4) is 0 Å². The van der Waals surface area contributed by atoms with Crippen molar-refractivity contribution in [1.29, 1.82) is 0 Å². The highest BCUT2D eigenvalue weighted by atomic mass is 16.5. The highest BCUT2D eigenvalue weighted by molar-refractivity contribution is 6.03. The maximum absolute atomic E-state index is 11.8. The summed E-state index contributed by atoms with van der Waals surface area (Å²) in [6.45, 7) is 5.05. The van der Waals surface area contributed by atoms with Crippen molar-refractivity contribution in [1.82, 2.24) is 4.90 Å². The number of hydrogen-bond donors (Lipinski definition) is 1. The highest BCUT2D eigenvalue weighted by Gasteiger charge is 2.34. The molecule has 0 aromatic heterocycles. The molecule has 1 aromatic rings. The Kier molecular flexibility index (Phi) is 3.85. The lowest BCUT2D eigenvalue weighted by Gasteiger charge is -2.24. The average Bonchev–Trinajstić information content (AvgIpc) is 2.65. The molecule has 102 valence electrons. The Morgan fingerprint density at radius 2 is 2.11 bits per heavy atom. The number of hydrogen-bond acceptors (Lipinski definition) is 3. The Bertz CT molecular complexity index is 525. The van der Waals surface area contributed by atoms with Crippen LogP contribution in [0.15, 0.2) is 23.2 Å². The molecule has 0 spiro atoms. The zero-order chi connectivity index (χ0) is 14.0. The van der Waals surface area contributed by atoms with Gasteiger partial charge in [-0.2, -0.15) is 4.99 Å². The summed E-state index contributed by atoms with van der Waals surface area (Å²) in [7, 11) is 1.61. The smallest absolute Gasteiger partial charge is 0.346 e. The molecule has 2 amide bonds. The van der Waals surface area contributed by atoms with Crippen LogP contribution >= 0.6 is 0 Å². The molecule has 1 atom stereocenters. The molecule has 1 aliphatic heterocycles. The summed E-state index contributed by atoms with van der Waals surface area (Å²) in [5.41, 5.74) is 9.28. The Hall–Kier alpha value is -1.88. The van der Waals surface area contributed by atoms with Gasteiger partial charge in [-0.1, -0.05) is 18.2 Å². The maximum Gasteiger partial charge on any atom is 0.346 e. The van der Waals surface area contributed by atoms with Crippen molar-refractivity contribution in [3.05, 3.63) is 34.9 Å². The molecule has 5 nitrogen and oxygen atoms in total. The van der Waals surface area contributed by atoms with Gasteiger partial charge >= 0.3 is 6.03 Å². The molecule has 0 saturated carbocycles. The number of methoxy groups -OCH3 is 1. The first-order chi connectivity index (χ1) is 9.04. The van der Waals surface area contributed by atoms with E-state index in [4.69, 9.17) is 10.5 Å². The first kappa shape index (κ1) is 13.5. The van der Waals surface area contributed by atoms with Crippen LogP contribution in [0.4, 0.5) is 4.79 Å². The maximum atomic E-state index is 11.8. The Morgan fingerprint density at radius 1 is 1.37 bits per heavy atom. The topological polar surface area (TPSA) is 67.9 Å². The largest absolute Gasteiger partial charge is 0.385 e. The summed E-state index contributed by atoms with van der Waals surface area (Å²) in [5, 5.41) is 0. The lowest BCUT2D eigenvalue weighted by Crippen LogP contribution is -2.35. The lowest BCUT2D eigenvalue weighted by atomic mass is 10.00. The van der Waals surface area contributed by atoms with Crippen molar-refractivity contribution in [3.8, 4) is 0 Å². The third kappa shape index (κ3) is 2.61. The summed E-state index contributed by atoms with van der Waals surface area (Å²) in [6.07, 6.45) is 0. The fraction of sp³-hybridized carbons (Fsp3) is 0.429. The number of benzene rings is 1.